The number of halogens is 1. The minimum atomic E-state index is -0.943. The predicted octanol–water partition coefficient (Wildman–Crippen LogP) is 3.47. The Kier molecular flexibility index (Phi) is 6.25. The van der Waals surface area contributed by atoms with E-state index in [9.17, 15) is 4.39 Å². The molecule has 0 amide bonds. The molecular weight excluding hydrogens is 239 g/mol. The van der Waals surface area contributed by atoms with Crippen molar-refractivity contribution in [1.29, 1.82) is 0 Å². The first-order chi connectivity index (χ1) is 8.91. The molecule has 2 rings (SSSR count). The average Bonchev–Trinajstić information content (AvgIpc) is 2.36. The molecular formula is C16H33FN2. The first-order valence-electron chi connectivity index (χ1n) is 8.03. The third-order valence-corrected chi connectivity index (χ3v) is 4.85. The predicted molar refractivity (Wildman–Crippen MR) is 81.3 cm³/mol. The van der Waals surface area contributed by atoms with Crippen molar-refractivity contribution in [2.45, 2.75) is 59.5 Å². The number of hydrogen-bond acceptors (Lipinski definition) is 2. The number of piperidine rings is 2. The monoisotopic (exact) mass is 272 g/mol. The van der Waals surface area contributed by atoms with Crippen LogP contribution in [0.25, 0.3) is 0 Å². The highest BCUT2D eigenvalue weighted by Gasteiger charge is 2.38. The van der Waals surface area contributed by atoms with E-state index in [-0.39, 0.29) is 0 Å². The maximum Gasteiger partial charge on any atom is 0.126 e. The van der Waals surface area contributed by atoms with Crippen LogP contribution in [0.15, 0.2) is 0 Å². The van der Waals surface area contributed by atoms with Crippen LogP contribution in [0.1, 0.15) is 53.9 Å². The molecule has 0 saturated carbocycles. The van der Waals surface area contributed by atoms with Gasteiger partial charge in [0.2, 0.25) is 0 Å². The highest BCUT2D eigenvalue weighted by Crippen LogP contribution is 2.36. The van der Waals surface area contributed by atoms with Gasteiger partial charge < -0.3 is 5.32 Å². The van der Waals surface area contributed by atoms with Gasteiger partial charge in [-0.25, -0.2) is 4.39 Å². The van der Waals surface area contributed by atoms with Crippen molar-refractivity contribution in [2.24, 2.45) is 11.3 Å². The lowest BCUT2D eigenvalue weighted by molar-refractivity contribution is 0.00532. The van der Waals surface area contributed by atoms with Gasteiger partial charge in [0.05, 0.1) is 0 Å². The zero-order valence-electron chi connectivity index (χ0n) is 13.6. The SMILES string of the molecule is CC.CC1CCN(CC2(F)CCNCC2)CC1(C)C. The van der Waals surface area contributed by atoms with Gasteiger partial charge >= 0.3 is 0 Å². The summed E-state index contributed by atoms with van der Waals surface area (Å²) in [6.07, 6.45) is 2.57. The van der Waals surface area contributed by atoms with Gasteiger partial charge in [-0.05, 0) is 50.2 Å². The normalized spacial score (nSPS) is 30.3. The fourth-order valence-electron chi connectivity index (χ4n) is 3.15. The number of nitrogens with zero attached hydrogens (tertiary/aromatic N) is 1. The number of nitrogens with one attached hydrogen (secondary N) is 1. The molecule has 0 spiro atoms. The smallest absolute Gasteiger partial charge is 0.126 e. The Hall–Kier alpha value is -0.150. The van der Waals surface area contributed by atoms with E-state index in [4.69, 9.17) is 0 Å². The van der Waals surface area contributed by atoms with Crippen LogP contribution in [-0.4, -0.2) is 43.3 Å². The van der Waals surface area contributed by atoms with Crippen LogP contribution in [0, 0.1) is 11.3 Å². The second-order valence-electron chi connectivity index (χ2n) is 6.79. The Balaban J connectivity index is 0.000000861. The molecule has 1 unspecified atom stereocenters. The summed E-state index contributed by atoms with van der Waals surface area (Å²) in [5.41, 5.74) is -0.608. The molecule has 0 aromatic carbocycles. The maximum atomic E-state index is 14.6. The van der Waals surface area contributed by atoms with Crippen LogP contribution in [0.2, 0.25) is 0 Å². The van der Waals surface area contributed by atoms with E-state index in [1.165, 1.54) is 6.42 Å². The van der Waals surface area contributed by atoms with Crippen LogP contribution in [0.5, 0.6) is 0 Å². The summed E-state index contributed by atoms with van der Waals surface area (Å²) in [4.78, 5) is 2.35. The van der Waals surface area contributed by atoms with Crippen LogP contribution in [0.3, 0.4) is 0 Å². The molecule has 2 aliphatic rings. The van der Waals surface area contributed by atoms with Gasteiger partial charge in [0, 0.05) is 13.1 Å². The number of likely N-dealkylation sites (tertiary alicyclic amines) is 1. The molecule has 19 heavy (non-hydrogen) atoms. The fourth-order valence-corrected chi connectivity index (χ4v) is 3.15. The van der Waals surface area contributed by atoms with Crippen molar-refractivity contribution in [3.63, 3.8) is 0 Å². The fraction of sp³-hybridized carbons (Fsp3) is 1.00. The quantitative estimate of drug-likeness (QED) is 0.828. The number of rotatable bonds is 2. The summed E-state index contributed by atoms with van der Waals surface area (Å²) >= 11 is 0. The molecule has 3 heteroatoms. The maximum absolute atomic E-state index is 14.6. The minimum absolute atomic E-state index is 0.335. The van der Waals surface area contributed by atoms with Gasteiger partial charge in [-0.15, -0.1) is 0 Å². The van der Waals surface area contributed by atoms with Crippen molar-refractivity contribution in [2.75, 3.05) is 32.7 Å². The second-order valence-corrected chi connectivity index (χ2v) is 6.79. The van der Waals surface area contributed by atoms with Gasteiger partial charge in [0.1, 0.15) is 5.67 Å². The Bertz CT molecular complexity index is 259. The van der Waals surface area contributed by atoms with Crippen molar-refractivity contribution >= 4 is 0 Å². The highest BCUT2D eigenvalue weighted by molar-refractivity contribution is 4.92. The van der Waals surface area contributed by atoms with Gasteiger partial charge in [-0.1, -0.05) is 34.6 Å². The van der Waals surface area contributed by atoms with E-state index in [1.54, 1.807) is 0 Å². The first kappa shape index (κ1) is 16.9. The van der Waals surface area contributed by atoms with Gasteiger partial charge in [-0.3, -0.25) is 4.90 Å². The summed E-state index contributed by atoms with van der Waals surface area (Å²) in [6.45, 7) is 15.4. The Morgan fingerprint density at radius 3 is 2.32 bits per heavy atom. The summed E-state index contributed by atoms with van der Waals surface area (Å²) in [5.74, 6) is 0.752. The number of alkyl halides is 1. The standard InChI is InChI=1S/C14H27FN2.C2H6/c1-12-4-9-17(10-13(12,2)3)11-14(15)5-7-16-8-6-14;1-2/h12,16H,4-11H2,1-3H3;1-2H3. The molecule has 0 bridgehead atoms. The molecule has 2 saturated heterocycles. The van der Waals surface area contributed by atoms with Crippen molar-refractivity contribution in [3.05, 3.63) is 0 Å². The van der Waals surface area contributed by atoms with E-state index in [1.807, 2.05) is 13.8 Å². The van der Waals surface area contributed by atoms with Crippen LogP contribution < -0.4 is 5.32 Å². The van der Waals surface area contributed by atoms with Gasteiger partial charge in [-0.2, -0.15) is 0 Å². The lowest BCUT2D eigenvalue weighted by atomic mass is 9.74. The summed E-state index contributed by atoms with van der Waals surface area (Å²) in [7, 11) is 0. The summed E-state index contributed by atoms with van der Waals surface area (Å²) in [6, 6.07) is 0. The molecule has 0 radical (unpaired) electrons. The molecule has 0 aliphatic carbocycles. The summed E-state index contributed by atoms with van der Waals surface area (Å²) in [5, 5.41) is 3.24. The molecule has 1 N–H and O–H groups in total. The van der Waals surface area contributed by atoms with Gasteiger partial charge in [0.15, 0.2) is 0 Å². The van der Waals surface area contributed by atoms with Crippen LogP contribution >= 0.6 is 0 Å². The zero-order valence-corrected chi connectivity index (χ0v) is 13.6. The van der Waals surface area contributed by atoms with Crippen molar-refractivity contribution < 1.29 is 4.39 Å². The molecule has 114 valence electrons. The molecule has 2 heterocycles. The Morgan fingerprint density at radius 1 is 1.21 bits per heavy atom. The van der Waals surface area contributed by atoms with E-state index < -0.39 is 5.67 Å². The van der Waals surface area contributed by atoms with E-state index in [0.717, 1.165) is 32.1 Å². The summed E-state index contributed by atoms with van der Waals surface area (Å²) < 4.78 is 14.6. The van der Waals surface area contributed by atoms with Crippen LogP contribution in [-0.2, 0) is 0 Å². The Morgan fingerprint density at radius 2 is 1.79 bits per heavy atom. The van der Waals surface area contributed by atoms with E-state index in [2.05, 4.69) is 31.0 Å². The van der Waals surface area contributed by atoms with Crippen molar-refractivity contribution in [1.82, 2.24) is 10.2 Å². The third-order valence-electron chi connectivity index (χ3n) is 4.85. The van der Waals surface area contributed by atoms with Crippen molar-refractivity contribution in [3.8, 4) is 0 Å². The molecule has 2 fully saturated rings. The lowest BCUT2D eigenvalue weighted by Gasteiger charge is -2.45. The average molecular weight is 272 g/mol. The Labute approximate surface area is 119 Å². The van der Waals surface area contributed by atoms with E-state index >= 15 is 0 Å². The second kappa shape index (κ2) is 7.03. The molecule has 0 aromatic rings. The largest absolute Gasteiger partial charge is 0.316 e. The molecule has 1 atom stereocenters. The topological polar surface area (TPSA) is 15.3 Å². The lowest BCUT2D eigenvalue weighted by Crippen LogP contribution is -2.52. The zero-order chi connectivity index (χ0) is 14.5. The molecule has 2 aliphatic heterocycles. The highest BCUT2D eigenvalue weighted by atomic mass is 19.1. The van der Waals surface area contributed by atoms with Gasteiger partial charge in [0.25, 0.3) is 0 Å². The molecule has 2 nitrogen and oxygen atoms in total. The third kappa shape index (κ3) is 4.71. The first-order valence-corrected chi connectivity index (χ1v) is 8.03. The van der Waals surface area contributed by atoms with Crippen LogP contribution in [0.4, 0.5) is 4.39 Å². The number of hydrogen-bond donors (Lipinski definition) is 1. The minimum Gasteiger partial charge on any atom is -0.316 e. The molecule has 0 aromatic heterocycles. The van der Waals surface area contributed by atoms with E-state index in [0.29, 0.717) is 24.8 Å².